The molecule has 0 aliphatic carbocycles. The van der Waals surface area contributed by atoms with Crippen LogP contribution in [0.4, 0.5) is 0 Å². The average Bonchev–Trinajstić information content (AvgIpc) is 2.23. The number of rotatable bonds is 1. The zero-order valence-corrected chi connectivity index (χ0v) is 9.13. The number of hydrogen-bond donors (Lipinski definition) is 3. The smallest absolute Gasteiger partial charge is 0.0261 e. The minimum Gasteiger partial charge on any atom is -0.326 e. The van der Waals surface area contributed by atoms with E-state index in [1.165, 1.54) is 25.8 Å². The van der Waals surface area contributed by atoms with Crippen molar-refractivity contribution in [2.45, 2.75) is 38.3 Å². The third-order valence-electron chi connectivity index (χ3n) is 3.89. The summed E-state index contributed by atoms with van der Waals surface area (Å²) in [6, 6.07) is 0.903. The van der Waals surface area contributed by atoms with Crippen LogP contribution in [-0.4, -0.2) is 31.7 Å². The van der Waals surface area contributed by atoms with E-state index in [-0.39, 0.29) is 0 Å². The van der Waals surface area contributed by atoms with Crippen LogP contribution >= 0.6 is 0 Å². The molecule has 2 rings (SSSR count). The summed E-state index contributed by atoms with van der Waals surface area (Å²) >= 11 is 0. The predicted molar refractivity (Wildman–Crippen MR) is 59.1 cm³/mol. The van der Waals surface area contributed by atoms with E-state index in [1.54, 1.807) is 0 Å². The van der Waals surface area contributed by atoms with E-state index in [2.05, 4.69) is 17.6 Å². The summed E-state index contributed by atoms with van der Waals surface area (Å²) in [5, 5.41) is 7.08. The topological polar surface area (TPSA) is 50.1 Å². The molecule has 82 valence electrons. The molecule has 2 saturated heterocycles. The Kier molecular flexibility index (Phi) is 3.42. The van der Waals surface area contributed by atoms with Crippen LogP contribution in [0.1, 0.15) is 26.2 Å². The Balaban J connectivity index is 1.93. The Bertz CT molecular complexity index is 177. The van der Waals surface area contributed by atoms with E-state index < -0.39 is 0 Å². The summed E-state index contributed by atoms with van der Waals surface area (Å²) in [6.45, 7) is 5.77. The van der Waals surface area contributed by atoms with Crippen molar-refractivity contribution >= 4 is 0 Å². The third kappa shape index (κ3) is 2.10. The van der Waals surface area contributed by atoms with Crippen LogP contribution < -0.4 is 16.4 Å². The van der Waals surface area contributed by atoms with Crippen LogP contribution in [-0.2, 0) is 0 Å². The molecule has 0 aromatic carbocycles. The highest BCUT2D eigenvalue weighted by molar-refractivity contribution is 4.94. The lowest BCUT2D eigenvalue weighted by Gasteiger charge is -2.41. The van der Waals surface area contributed by atoms with E-state index in [1.807, 2.05) is 0 Å². The van der Waals surface area contributed by atoms with Gasteiger partial charge in [0.15, 0.2) is 0 Å². The summed E-state index contributed by atoms with van der Waals surface area (Å²) in [5.41, 5.74) is 6.26. The molecule has 0 bridgehead atoms. The lowest BCUT2D eigenvalue weighted by molar-refractivity contribution is 0.185. The van der Waals surface area contributed by atoms with Crippen LogP contribution in [0.15, 0.2) is 0 Å². The summed E-state index contributed by atoms with van der Waals surface area (Å²) in [4.78, 5) is 0. The highest BCUT2D eigenvalue weighted by Gasteiger charge is 2.33. The van der Waals surface area contributed by atoms with Crippen molar-refractivity contribution in [3.8, 4) is 0 Å². The van der Waals surface area contributed by atoms with Gasteiger partial charge < -0.3 is 16.4 Å². The number of nitrogens with two attached hydrogens (primary N) is 1. The standard InChI is InChI=1S/C11H23N3/c1-8-4-6-14-11(10(8)12)9-3-2-5-13-7-9/h8-11,13-14H,2-7,12H2,1H3. The van der Waals surface area contributed by atoms with Gasteiger partial charge in [0.1, 0.15) is 0 Å². The molecule has 2 aliphatic rings. The van der Waals surface area contributed by atoms with Crippen LogP contribution in [0.5, 0.6) is 0 Å². The fraction of sp³-hybridized carbons (Fsp3) is 1.00. The van der Waals surface area contributed by atoms with Gasteiger partial charge in [-0.3, -0.25) is 0 Å². The Labute approximate surface area is 86.8 Å². The molecule has 2 fully saturated rings. The molecular formula is C11H23N3. The fourth-order valence-corrected chi connectivity index (χ4v) is 2.83. The Morgan fingerprint density at radius 3 is 2.79 bits per heavy atom. The monoisotopic (exact) mass is 197 g/mol. The summed E-state index contributed by atoms with van der Waals surface area (Å²) < 4.78 is 0. The molecule has 14 heavy (non-hydrogen) atoms. The van der Waals surface area contributed by atoms with Crippen molar-refractivity contribution in [2.75, 3.05) is 19.6 Å². The maximum absolute atomic E-state index is 6.26. The first kappa shape index (κ1) is 10.4. The summed E-state index contributed by atoms with van der Waals surface area (Å²) in [5.74, 6) is 1.43. The number of hydrogen-bond acceptors (Lipinski definition) is 3. The maximum Gasteiger partial charge on any atom is 0.0261 e. The van der Waals surface area contributed by atoms with E-state index in [0.717, 1.165) is 19.0 Å². The van der Waals surface area contributed by atoms with Crippen molar-refractivity contribution in [1.29, 1.82) is 0 Å². The number of nitrogens with one attached hydrogen (secondary N) is 2. The molecule has 0 saturated carbocycles. The summed E-state index contributed by atoms with van der Waals surface area (Å²) in [6.07, 6.45) is 3.88. The van der Waals surface area contributed by atoms with Gasteiger partial charge in [-0.2, -0.15) is 0 Å². The lowest BCUT2D eigenvalue weighted by Crippen LogP contribution is -2.59. The molecule has 0 amide bonds. The van der Waals surface area contributed by atoms with Crippen LogP contribution in [0.3, 0.4) is 0 Å². The van der Waals surface area contributed by atoms with E-state index >= 15 is 0 Å². The predicted octanol–water partition coefficient (Wildman–Crippen LogP) is 0.311. The molecule has 0 radical (unpaired) electrons. The molecular weight excluding hydrogens is 174 g/mol. The molecule has 4 unspecified atom stereocenters. The zero-order chi connectivity index (χ0) is 9.97. The molecule has 4 N–H and O–H groups in total. The molecule has 2 aliphatic heterocycles. The molecule has 0 aromatic heterocycles. The second-order valence-electron chi connectivity index (χ2n) is 4.93. The van der Waals surface area contributed by atoms with Crippen LogP contribution in [0.25, 0.3) is 0 Å². The molecule has 4 atom stereocenters. The minimum absolute atomic E-state index is 0.355. The van der Waals surface area contributed by atoms with E-state index in [4.69, 9.17) is 5.73 Å². The first-order valence-corrected chi connectivity index (χ1v) is 5.98. The summed E-state index contributed by atoms with van der Waals surface area (Å²) in [7, 11) is 0. The second-order valence-corrected chi connectivity index (χ2v) is 4.93. The average molecular weight is 197 g/mol. The SMILES string of the molecule is CC1CCNC(C2CCCNC2)C1N. The van der Waals surface area contributed by atoms with Gasteiger partial charge >= 0.3 is 0 Å². The van der Waals surface area contributed by atoms with Gasteiger partial charge in [0.25, 0.3) is 0 Å². The van der Waals surface area contributed by atoms with Crippen molar-refractivity contribution < 1.29 is 0 Å². The minimum atomic E-state index is 0.355. The van der Waals surface area contributed by atoms with Crippen LogP contribution in [0, 0.1) is 11.8 Å². The maximum atomic E-state index is 6.26. The van der Waals surface area contributed by atoms with Gasteiger partial charge in [-0.15, -0.1) is 0 Å². The lowest BCUT2D eigenvalue weighted by atomic mass is 9.79. The van der Waals surface area contributed by atoms with E-state index in [0.29, 0.717) is 18.0 Å². The Hall–Kier alpha value is -0.120. The largest absolute Gasteiger partial charge is 0.326 e. The third-order valence-corrected chi connectivity index (χ3v) is 3.89. The molecule has 3 heteroatoms. The highest BCUT2D eigenvalue weighted by Crippen LogP contribution is 2.23. The van der Waals surface area contributed by atoms with Crippen molar-refractivity contribution in [2.24, 2.45) is 17.6 Å². The molecule has 3 nitrogen and oxygen atoms in total. The van der Waals surface area contributed by atoms with Crippen molar-refractivity contribution in [1.82, 2.24) is 10.6 Å². The quantitative estimate of drug-likeness (QED) is 0.567. The van der Waals surface area contributed by atoms with Gasteiger partial charge in [0, 0.05) is 12.1 Å². The zero-order valence-electron chi connectivity index (χ0n) is 9.13. The normalized spacial score (nSPS) is 45.0. The highest BCUT2D eigenvalue weighted by atomic mass is 15.0. The second kappa shape index (κ2) is 4.60. The van der Waals surface area contributed by atoms with Gasteiger partial charge in [0.2, 0.25) is 0 Å². The van der Waals surface area contributed by atoms with E-state index in [9.17, 15) is 0 Å². The molecule has 0 aromatic rings. The van der Waals surface area contributed by atoms with Crippen LogP contribution in [0.2, 0.25) is 0 Å². The molecule has 2 heterocycles. The van der Waals surface area contributed by atoms with Gasteiger partial charge in [-0.25, -0.2) is 0 Å². The number of piperidine rings is 2. The van der Waals surface area contributed by atoms with Crippen molar-refractivity contribution in [3.05, 3.63) is 0 Å². The Morgan fingerprint density at radius 1 is 1.21 bits per heavy atom. The van der Waals surface area contributed by atoms with Gasteiger partial charge in [0.05, 0.1) is 0 Å². The first-order chi connectivity index (χ1) is 6.79. The fourth-order valence-electron chi connectivity index (χ4n) is 2.83. The van der Waals surface area contributed by atoms with Gasteiger partial charge in [-0.05, 0) is 50.7 Å². The molecule has 0 spiro atoms. The van der Waals surface area contributed by atoms with Crippen molar-refractivity contribution in [3.63, 3.8) is 0 Å². The van der Waals surface area contributed by atoms with Gasteiger partial charge in [-0.1, -0.05) is 6.92 Å². The Morgan fingerprint density at radius 2 is 2.07 bits per heavy atom. The first-order valence-electron chi connectivity index (χ1n) is 5.98.